The predicted molar refractivity (Wildman–Crippen MR) is 107 cm³/mol. The topological polar surface area (TPSA) is 58.6 Å². The van der Waals surface area contributed by atoms with Crippen LogP contribution in [0.4, 0.5) is 11.4 Å². The minimum Gasteiger partial charge on any atom is -0.481 e. The number of hydrogen-bond acceptors (Lipinski definition) is 3. The molecule has 0 radical (unpaired) electrons. The lowest BCUT2D eigenvalue weighted by molar-refractivity contribution is -0.122. The fraction of sp³-hybridized carbons (Fsp3) is 0.364. The first-order chi connectivity index (χ1) is 13.0. The third-order valence-electron chi connectivity index (χ3n) is 4.73. The van der Waals surface area contributed by atoms with Gasteiger partial charge in [0.25, 0.3) is 5.91 Å². The van der Waals surface area contributed by atoms with Crippen molar-refractivity contribution < 1.29 is 14.3 Å². The fourth-order valence-corrected chi connectivity index (χ4v) is 3.16. The van der Waals surface area contributed by atoms with Crippen LogP contribution in [0.3, 0.4) is 0 Å². The van der Waals surface area contributed by atoms with Crippen molar-refractivity contribution in [2.75, 3.05) is 16.8 Å². The largest absolute Gasteiger partial charge is 0.481 e. The van der Waals surface area contributed by atoms with Crippen molar-refractivity contribution in [1.82, 2.24) is 0 Å². The number of ether oxygens (including phenoxy) is 1. The summed E-state index contributed by atoms with van der Waals surface area (Å²) in [5.41, 5.74) is 2.53. The first-order valence-corrected chi connectivity index (χ1v) is 9.42. The molecule has 27 heavy (non-hydrogen) atoms. The third-order valence-corrected chi connectivity index (χ3v) is 4.73. The Balaban J connectivity index is 1.70. The van der Waals surface area contributed by atoms with E-state index < -0.39 is 6.10 Å². The van der Waals surface area contributed by atoms with Gasteiger partial charge in [0.15, 0.2) is 6.10 Å². The molecule has 0 spiro atoms. The number of benzene rings is 2. The van der Waals surface area contributed by atoms with Crippen LogP contribution in [0.1, 0.15) is 45.1 Å². The zero-order valence-corrected chi connectivity index (χ0v) is 16.1. The second-order valence-corrected chi connectivity index (χ2v) is 7.14. The van der Waals surface area contributed by atoms with Gasteiger partial charge >= 0.3 is 0 Å². The standard InChI is InChI=1S/C22H26N2O3/c1-15(2)17-8-6-9-18(14-17)27-16(3)22(26)23-19-10-4-5-11-20(19)24-13-7-12-21(24)25/h4-6,8-11,14-16H,7,12-13H2,1-3H3,(H,23,26). The Hall–Kier alpha value is -2.82. The van der Waals surface area contributed by atoms with E-state index in [0.29, 0.717) is 30.3 Å². The highest BCUT2D eigenvalue weighted by Crippen LogP contribution is 2.29. The summed E-state index contributed by atoms with van der Waals surface area (Å²) < 4.78 is 5.83. The lowest BCUT2D eigenvalue weighted by atomic mass is 10.0. The van der Waals surface area contributed by atoms with Crippen molar-refractivity contribution in [1.29, 1.82) is 0 Å². The van der Waals surface area contributed by atoms with Gasteiger partial charge in [-0.1, -0.05) is 38.1 Å². The molecule has 5 nitrogen and oxygen atoms in total. The zero-order valence-electron chi connectivity index (χ0n) is 16.1. The van der Waals surface area contributed by atoms with Crippen molar-refractivity contribution in [3.8, 4) is 5.75 Å². The second kappa shape index (κ2) is 8.25. The average molecular weight is 366 g/mol. The van der Waals surface area contributed by atoms with Crippen molar-refractivity contribution in [2.24, 2.45) is 0 Å². The van der Waals surface area contributed by atoms with Gasteiger partial charge in [0.05, 0.1) is 11.4 Å². The molecule has 0 aliphatic carbocycles. The Morgan fingerprint density at radius 3 is 2.59 bits per heavy atom. The van der Waals surface area contributed by atoms with E-state index in [1.807, 2.05) is 48.5 Å². The number of carbonyl (C=O) groups excluding carboxylic acids is 2. The molecule has 5 heteroatoms. The van der Waals surface area contributed by atoms with Gasteiger partial charge in [-0.05, 0) is 49.1 Å². The molecule has 142 valence electrons. The molecule has 2 aromatic rings. The van der Waals surface area contributed by atoms with Gasteiger partial charge in [0, 0.05) is 13.0 Å². The molecule has 1 saturated heterocycles. The summed E-state index contributed by atoms with van der Waals surface area (Å²) in [6.07, 6.45) is 0.732. The molecule has 1 fully saturated rings. The van der Waals surface area contributed by atoms with Gasteiger partial charge in [0.2, 0.25) is 5.91 Å². The predicted octanol–water partition coefficient (Wildman–Crippen LogP) is 4.34. The summed E-state index contributed by atoms with van der Waals surface area (Å²) in [4.78, 5) is 26.4. The van der Waals surface area contributed by atoms with Crippen LogP contribution >= 0.6 is 0 Å². The highest BCUT2D eigenvalue weighted by molar-refractivity contribution is 6.03. The van der Waals surface area contributed by atoms with E-state index in [2.05, 4.69) is 19.2 Å². The molecule has 0 saturated carbocycles. The zero-order chi connectivity index (χ0) is 19.4. The normalized spacial score (nSPS) is 15.1. The molecule has 1 N–H and O–H groups in total. The summed E-state index contributed by atoms with van der Waals surface area (Å²) in [5, 5.41) is 2.91. The van der Waals surface area contributed by atoms with Crippen LogP contribution in [0.25, 0.3) is 0 Å². The number of nitrogens with zero attached hydrogens (tertiary/aromatic N) is 1. The van der Waals surface area contributed by atoms with Gasteiger partial charge in [-0.2, -0.15) is 0 Å². The number of amides is 2. The molecule has 0 aromatic heterocycles. The Morgan fingerprint density at radius 2 is 1.89 bits per heavy atom. The van der Waals surface area contributed by atoms with Gasteiger partial charge in [0.1, 0.15) is 5.75 Å². The van der Waals surface area contributed by atoms with Crippen LogP contribution in [0.2, 0.25) is 0 Å². The average Bonchev–Trinajstić information content (AvgIpc) is 3.08. The molecule has 2 aromatic carbocycles. The molecule has 1 aliphatic rings. The van der Waals surface area contributed by atoms with E-state index in [0.717, 1.165) is 17.7 Å². The van der Waals surface area contributed by atoms with Crippen LogP contribution in [0.15, 0.2) is 48.5 Å². The van der Waals surface area contributed by atoms with E-state index in [9.17, 15) is 9.59 Å². The summed E-state index contributed by atoms with van der Waals surface area (Å²) in [6, 6.07) is 15.2. The second-order valence-electron chi connectivity index (χ2n) is 7.14. The first kappa shape index (κ1) is 19.0. The van der Waals surface area contributed by atoms with Crippen LogP contribution in [0.5, 0.6) is 5.75 Å². The first-order valence-electron chi connectivity index (χ1n) is 9.42. The molecule has 1 heterocycles. The molecule has 3 rings (SSSR count). The smallest absolute Gasteiger partial charge is 0.265 e. The van der Waals surface area contributed by atoms with Crippen molar-refractivity contribution in [2.45, 2.75) is 45.6 Å². The lowest BCUT2D eigenvalue weighted by Gasteiger charge is -2.21. The molecular formula is C22H26N2O3. The number of hydrogen-bond donors (Lipinski definition) is 1. The molecular weight excluding hydrogens is 340 g/mol. The quantitative estimate of drug-likeness (QED) is 0.827. The van der Waals surface area contributed by atoms with E-state index >= 15 is 0 Å². The Labute approximate surface area is 160 Å². The SMILES string of the molecule is CC(Oc1cccc(C(C)C)c1)C(=O)Nc1ccccc1N1CCCC1=O. The summed E-state index contributed by atoms with van der Waals surface area (Å²) in [6.45, 7) is 6.64. The summed E-state index contributed by atoms with van der Waals surface area (Å²) in [5.74, 6) is 0.907. The minimum atomic E-state index is -0.658. The van der Waals surface area contributed by atoms with Crippen LogP contribution in [-0.4, -0.2) is 24.5 Å². The molecule has 1 unspecified atom stereocenters. The van der Waals surface area contributed by atoms with Gasteiger partial charge < -0.3 is 15.0 Å². The van der Waals surface area contributed by atoms with Crippen LogP contribution in [0, 0.1) is 0 Å². The number of carbonyl (C=O) groups is 2. The van der Waals surface area contributed by atoms with Crippen molar-refractivity contribution in [3.63, 3.8) is 0 Å². The van der Waals surface area contributed by atoms with Gasteiger partial charge in [-0.15, -0.1) is 0 Å². The van der Waals surface area contributed by atoms with E-state index in [1.165, 1.54) is 0 Å². The van der Waals surface area contributed by atoms with E-state index in [-0.39, 0.29) is 11.8 Å². The highest BCUT2D eigenvalue weighted by atomic mass is 16.5. The number of nitrogens with one attached hydrogen (secondary N) is 1. The lowest BCUT2D eigenvalue weighted by Crippen LogP contribution is -2.31. The Kier molecular flexibility index (Phi) is 5.79. The fourth-order valence-electron chi connectivity index (χ4n) is 3.16. The molecule has 1 atom stereocenters. The third kappa shape index (κ3) is 4.48. The Morgan fingerprint density at radius 1 is 1.11 bits per heavy atom. The van der Waals surface area contributed by atoms with Gasteiger partial charge in [-0.3, -0.25) is 9.59 Å². The maximum atomic E-state index is 12.6. The van der Waals surface area contributed by atoms with Crippen molar-refractivity contribution >= 4 is 23.2 Å². The van der Waals surface area contributed by atoms with Crippen LogP contribution in [-0.2, 0) is 9.59 Å². The summed E-state index contributed by atoms with van der Waals surface area (Å²) in [7, 11) is 0. The van der Waals surface area contributed by atoms with Crippen LogP contribution < -0.4 is 15.0 Å². The molecule has 1 aliphatic heterocycles. The minimum absolute atomic E-state index is 0.0893. The van der Waals surface area contributed by atoms with Crippen molar-refractivity contribution in [3.05, 3.63) is 54.1 Å². The van der Waals surface area contributed by atoms with E-state index in [1.54, 1.807) is 11.8 Å². The van der Waals surface area contributed by atoms with E-state index in [4.69, 9.17) is 4.74 Å². The maximum Gasteiger partial charge on any atom is 0.265 e. The summed E-state index contributed by atoms with van der Waals surface area (Å²) >= 11 is 0. The highest BCUT2D eigenvalue weighted by Gasteiger charge is 2.25. The maximum absolute atomic E-state index is 12.6. The monoisotopic (exact) mass is 366 g/mol. The van der Waals surface area contributed by atoms with Gasteiger partial charge in [-0.25, -0.2) is 0 Å². The molecule has 0 bridgehead atoms. The molecule has 2 amide bonds. The number of para-hydroxylation sites is 2. The number of anilines is 2. The Bertz CT molecular complexity index is 832. The number of rotatable bonds is 6.